The highest BCUT2D eigenvalue weighted by molar-refractivity contribution is 6.05. The smallest absolute Gasteiger partial charge is 0.255 e. The minimum atomic E-state index is -0.727. The maximum Gasteiger partial charge on any atom is 0.255 e. The van der Waals surface area contributed by atoms with Crippen LogP contribution in [0.1, 0.15) is 65.5 Å². The predicted octanol–water partition coefficient (Wildman–Crippen LogP) is 5.96. The summed E-state index contributed by atoms with van der Waals surface area (Å²) in [4.78, 5) is 22.6. The first-order valence-corrected chi connectivity index (χ1v) is 17.4. The number of nitrogens with zero attached hydrogens (tertiary/aromatic N) is 7. The van der Waals surface area contributed by atoms with Crippen LogP contribution >= 0.6 is 0 Å². The third kappa shape index (κ3) is 8.24. The van der Waals surface area contributed by atoms with Crippen LogP contribution in [0.2, 0.25) is 0 Å². The van der Waals surface area contributed by atoms with E-state index in [1.807, 2.05) is 107 Å². The monoisotopic (exact) mass is 682 g/mol. The summed E-state index contributed by atoms with van der Waals surface area (Å²) in [6, 6.07) is 18.2. The van der Waals surface area contributed by atoms with Gasteiger partial charge in [-0.05, 0) is 120 Å². The third-order valence-electron chi connectivity index (χ3n) is 9.42. The summed E-state index contributed by atoms with van der Waals surface area (Å²) >= 11 is 0. The van der Waals surface area contributed by atoms with Gasteiger partial charge in [-0.1, -0.05) is 12.0 Å². The molecule has 0 bridgehead atoms. The molecule has 0 aliphatic carbocycles. The number of hydrogen-bond donors (Lipinski definition) is 3. The van der Waals surface area contributed by atoms with Crippen LogP contribution in [-0.4, -0.2) is 77.3 Å². The normalized spacial score (nSPS) is 13.5. The van der Waals surface area contributed by atoms with Crippen LogP contribution < -0.4 is 20.9 Å². The summed E-state index contributed by atoms with van der Waals surface area (Å²) in [6.07, 6.45) is 9.76. The van der Waals surface area contributed by atoms with Crippen LogP contribution in [-0.2, 0) is 5.41 Å². The molecule has 6 rings (SSSR count). The zero-order valence-corrected chi connectivity index (χ0v) is 30.3. The first-order chi connectivity index (χ1) is 24.5. The number of benzene rings is 2. The number of hydrogen-bond acceptors (Lipinski definition) is 8. The minimum Gasteiger partial charge on any atom is -0.373 e. The number of rotatable bonds is 10. The van der Waals surface area contributed by atoms with E-state index in [4.69, 9.17) is 0 Å². The Labute approximate surface area is 300 Å². The SMILES string of the molecule is Cc1ccc(C(=O)Nc2cc(N(C)CCN(C)C)cc(C(C)(C)C#N)c2)cc1C#Cc1cnc2c(Nc3cnn(C4CCNCC4)c3)cccn12. The summed E-state index contributed by atoms with van der Waals surface area (Å²) in [5.41, 5.74) is 7.15. The lowest BCUT2D eigenvalue weighted by Gasteiger charge is -2.25. The molecule has 3 N–H and O–H groups in total. The van der Waals surface area contributed by atoms with Crippen molar-refractivity contribution in [3.8, 4) is 17.9 Å². The maximum atomic E-state index is 13.6. The Hall–Kier alpha value is -5.62. The molecule has 0 saturated carbocycles. The average Bonchev–Trinajstić information content (AvgIpc) is 3.78. The van der Waals surface area contributed by atoms with Crippen molar-refractivity contribution in [3.63, 3.8) is 0 Å². The maximum absolute atomic E-state index is 13.6. The second-order valence-corrected chi connectivity index (χ2v) is 14.0. The van der Waals surface area contributed by atoms with Gasteiger partial charge in [-0.3, -0.25) is 13.9 Å². The highest BCUT2D eigenvalue weighted by Crippen LogP contribution is 2.31. The Kier molecular flexibility index (Phi) is 10.4. The number of likely N-dealkylation sites (N-methyl/N-ethyl adjacent to an activating group) is 2. The van der Waals surface area contributed by atoms with Crippen LogP contribution in [0.3, 0.4) is 0 Å². The van der Waals surface area contributed by atoms with E-state index in [1.54, 1.807) is 6.20 Å². The molecule has 0 atom stereocenters. The molecule has 0 spiro atoms. The van der Waals surface area contributed by atoms with E-state index in [-0.39, 0.29) is 5.91 Å². The fourth-order valence-electron chi connectivity index (χ4n) is 6.07. The number of carbonyl (C=O) groups is 1. The zero-order chi connectivity index (χ0) is 36.1. The van der Waals surface area contributed by atoms with Gasteiger partial charge in [0.25, 0.3) is 5.91 Å². The molecule has 2 aromatic carbocycles. The molecule has 5 aromatic rings. The van der Waals surface area contributed by atoms with Crippen molar-refractivity contribution in [1.29, 1.82) is 5.26 Å². The molecule has 1 aliphatic heterocycles. The van der Waals surface area contributed by atoms with Gasteiger partial charge in [0.2, 0.25) is 0 Å². The predicted molar refractivity (Wildman–Crippen MR) is 204 cm³/mol. The summed E-state index contributed by atoms with van der Waals surface area (Å²) in [5, 5.41) is 24.4. The molecule has 51 heavy (non-hydrogen) atoms. The Morgan fingerprint density at radius 3 is 2.61 bits per heavy atom. The van der Waals surface area contributed by atoms with Crippen molar-refractivity contribution < 1.29 is 4.79 Å². The van der Waals surface area contributed by atoms with Gasteiger partial charge in [0, 0.05) is 55.0 Å². The number of carbonyl (C=O) groups excluding carboxylic acids is 1. The number of nitrogens with one attached hydrogen (secondary N) is 3. The molecule has 1 amide bonds. The van der Waals surface area contributed by atoms with Crippen molar-refractivity contribution in [2.24, 2.45) is 0 Å². The largest absolute Gasteiger partial charge is 0.373 e. The van der Waals surface area contributed by atoms with Crippen LogP contribution in [0.4, 0.5) is 22.7 Å². The molecule has 0 unspecified atom stereocenters. The molecule has 0 radical (unpaired) electrons. The van der Waals surface area contributed by atoms with E-state index in [1.165, 1.54) is 0 Å². The fraction of sp³-hybridized carbons (Fsp3) is 0.350. The van der Waals surface area contributed by atoms with Crippen LogP contribution in [0.5, 0.6) is 0 Å². The Bertz CT molecular complexity index is 2140. The molecule has 11 heteroatoms. The minimum absolute atomic E-state index is 0.249. The quantitative estimate of drug-likeness (QED) is 0.155. The van der Waals surface area contributed by atoms with E-state index < -0.39 is 5.41 Å². The number of imidazole rings is 1. The molecule has 1 fully saturated rings. The molecule has 11 nitrogen and oxygen atoms in total. The first-order valence-electron chi connectivity index (χ1n) is 17.4. The van der Waals surface area contributed by atoms with E-state index in [0.717, 1.165) is 84.1 Å². The number of aryl methyl sites for hydroxylation is 1. The van der Waals surface area contributed by atoms with E-state index in [9.17, 15) is 10.1 Å². The Morgan fingerprint density at radius 1 is 1.04 bits per heavy atom. The van der Waals surface area contributed by atoms with E-state index in [2.05, 4.69) is 64.6 Å². The lowest BCUT2D eigenvalue weighted by Crippen LogP contribution is -2.29. The first kappa shape index (κ1) is 35.2. The van der Waals surface area contributed by atoms with Crippen LogP contribution in [0, 0.1) is 30.1 Å². The van der Waals surface area contributed by atoms with Gasteiger partial charge in [-0.2, -0.15) is 10.4 Å². The number of amides is 1. The van der Waals surface area contributed by atoms with Gasteiger partial charge in [0.05, 0.1) is 41.3 Å². The molecule has 262 valence electrons. The molecular formula is C40H46N10O. The highest BCUT2D eigenvalue weighted by atomic mass is 16.1. The molecular weight excluding hydrogens is 637 g/mol. The third-order valence-corrected chi connectivity index (χ3v) is 9.42. The van der Waals surface area contributed by atoms with Gasteiger partial charge < -0.3 is 25.8 Å². The van der Waals surface area contributed by atoms with Crippen molar-refractivity contribution in [2.45, 2.75) is 45.1 Å². The lowest BCUT2D eigenvalue weighted by molar-refractivity contribution is 0.102. The van der Waals surface area contributed by atoms with Crippen LogP contribution in [0.25, 0.3) is 5.65 Å². The van der Waals surface area contributed by atoms with Gasteiger partial charge in [0.15, 0.2) is 5.65 Å². The summed E-state index contributed by atoms with van der Waals surface area (Å²) in [6.45, 7) is 9.44. The summed E-state index contributed by atoms with van der Waals surface area (Å²) in [7, 11) is 6.09. The Morgan fingerprint density at radius 2 is 1.84 bits per heavy atom. The van der Waals surface area contributed by atoms with Crippen LogP contribution in [0.15, 0.2) is 73.3 Å². The number of aromatic nitrogens is 4. The van der Waals surface area contributed by atoms with Crippen molar-refractivity contribution >= 4 is 34.3 Å². The topological polar surface area (TPSA) is 119 Å². The summed E-state index contributed by atoms with van der Waals surface area (Å²) in [5.74, 6) is 6.31. The molecule has 1 saturated heterocycles. The van der Waals surface area contributed by atoms with Crippen molar-refractivity contribution in [1.82, 2.24) is 29.4 Å². The number of piperidine rings is 1. The molecule has 1 aliphatic rings. The number of anilines is 4. The molecule has 4 heterocycles. The van der Waals surface area contributed by atoms with Gasteiger partial charge in [-0.25, -0.2) is 4.98 Å². The number of pyridine rings is 1. The molecule has 3 aromatic heterocycles. The van der Waals surface area contributed by atoms with Gasteiger partial charge in [-0.15, -0.1) is 0 Å². The van der Waals surface area contributed by atoms with Gasteiger partial charge in [0.1, 0.15) is 5.69 Å². The summed E-state index contributed by atoms with van der Waals surface area (Å²) < 4.78 is 4.01. The van der Waals surface area contributed by atoms with Crippen molar-refractivity contribution in [3.05, 3.63) is 101 Å². The van der Waals surface area contributed by atoms with E-state index >= 15 is 0 Å². The number of fused-ring (bicyclic) bond motifs is 1. The lowest BCUT2D eigenvalue weighted by atomic mass is 9.85. The standard InChI is InChI=1S/C40H46N10O/c1-28-9-10-30(39(51)46-32-21-31(40(2,3)27-41)22-36(23-32)48(6)19-18-47(4)5)20-29(28)11-12-35-25-43-38-37(8-7-17-49(35)38)45-33-24-44-50(26-33)34-13-15-42-16-14-34/h7-10,17,20-26,34,42,45H,13-16,18-19H2,1-6H3,(H,46,51). The highest BCUT2D eigenvalue weighted by Gasteiger charge is 2.23. The number of nitriles is 1. The average molecular weight is 683 g/mol. The zero-order valence-electron chi connectivity index (χ0n) is 30.3. The fourth-order valence-corrected chi connectivity index (χ4v) is 6.07. The van der Waals surface area contributed by atoms with Gasteiger partial charge >= 0.3 is 0 Å². The van der Waals surface area contributed by atoms with E-state index in [0.29, 0.717) is 17.3 Å². The van der Waals surface area contributed by atoms with Crippen molar-refractivity contribution in [2.75, 3.05) is 62.9 Å². The second-order valence-electron chi connectivity index (χ2n) is 14.0. The Balaban J connectivity index is 1.21. The second kappa shape index (κ2) is 15.1.